The molecule has 0 aliphatic heterocycles. The predicted molar refractivity (Wildman–Crippen MR) is 85.8 cm³/mol. The molecule has 1 heterocycles. The van der Waals surface area contributed by atoms with Crippen LogP contribution in [0.25, 0.3) is 16.8 Å². The second kappa shape index (κ2) is 6.55. The highest BCUT2D eigenvalue weighted by Crippen LogP contribution is 2.20. The monoisotopic (exact) mass is 297 g/mol. The van der Waals surface area contributed by atoms with Gasteiger partial charge in [-0.1, -0.05) is 47.7 Å². The average molecular weight is 298 g/mol. The van der Waals surface area contributed by atoms with Crippen molar-refractivity contribution in [2.75, 3.05) is 5.88 Å². The number of alkyl halides is 1. The molecule has 1 aromatic heterocycles. The molecular weight excluding hydrogens is 282 g/mol. The first-order chi connectivity index (χ1) is 10.4. The third kappa shape index (κ3) is 3.31. The van der Waals surface area contributed by atoms with Crippen molar-refractivity contribution in [1.29, 1.82) is 0 Å². The Labute approximate surface area is 129 Å². The van der Waals surface area contributed by atoms with E-state index in [0.29, 0.717) is 5.88 Å². The number of benzene rings is 2. The molecule has 0 radical (unpaired) electrons. The Morgan fingerprint density at radius 3 is 2.33 bits per heavy atom. The van der Waals surface area contributed by atoms with Gasteiger partial charge in [0.25, 0.3) is 0 Å². The summed E-state index contributed by atoms with van der Waals surface area (Å²) >= 11 is 5.70. The molecule has 0 bridgehead atoms. The Balaban J connectivity index is 1.79. The molecule has 0 spiro atoms. The van der Waals surface area contributed by atoms with Crippen molar-refractivity contribution in [3.63, 3.8) is 0 Å². The standard InChI is InChI=1S/C17H16ClN3/c18-12-4-7-16-13-21(20-19-16)17-10-8-15(9-11-17)14-5-2-1-3-6-14/h1-3,5-6,8-11,13H,4,7,12H2. The summed E-state index contributed by atoms with van der Waals surface area (Å²) in [6.45, 7) is 0. The second-order valence-corrected chi connectivity index (χ2v) is 5.24. The lowest BCUT2D eigenvalue weighted by atomic mass is 10.1. The first-order valence-corrected chi connectivity index (χ1v) is 7.53. The highest BCUT2D eigenvalue weighted by molar-refractivity contribution is 6.17. The van der Waals surface area contributed by atoms with Crippen molar-refractivity contribution in [1.82, 2.24) is 15.0 Å². The largest absolute Gasteiger partial charge is 0.220 e. The van der Waals surface area contributed by atoms with Gasteiger partial charge < -0.3 is 0 Å². The molecular formula is C17H16ClN3. The van der Waals surface area contributed by atoms with Crippen LogP contribution in [0, 0.1) is 0 Å². The van der Waals surface area contributed by atoms with Crippen molar-refractivity contribution in [2.24, 2.45) is 0 Å². The van der Waals surface area contributed by atoms with Crippen LogP contribution < -0.4 is 0 Å². The molecule has 2 aromatic carbocycles. The minimum absolute atomic E-state index is 0.651. The highest BCUT2D eigenvalue weighted by atomic mass is 35.5. The zero-order valence-corrected chi connectivity index (χ0v) is 12.4. The van der Waals surface area contributed by atoms with E-state index >= 15 is 0 Å². The van der Waals surface area contributed by atoms with Crippen molar-refractivity contribution in [3.05, 3.63) is 66.5 Å². The molecule has 0 N–H and O–H groups in total. The first-order valence-electron chi connectivity index (χ1n) is 7.00. The molecule has 3 aromatic rings. The van der Waals surface area contributed by atoms with Gasteiger partial charge in [-0.3, -0.25) is 0 Å². The van der Waals surface area contributed by atoms with E-state index in [2.05, 4.69) is 46.7 Å². The Morgan fingerprint density at radius 1 is 0.905 bits per heavy atom. The van der Waals surface area contributed by atoms with Crippen LogP contribution >= 0.6 is 11.6 Å². The highest BCUT2D eigenvalue weighted by Gasteiger charge is 2.03. The van der Waals surface area contributed by atoms with Gasteiger partial charge in [-0.05, 0) is 36.1 Å². The molecule has 0 atom stereocenters. The van der Waals surface area contributed by atoms with Crippen LogP contribution in [0.2, 0.25) is 0 Å². The summed E-state index contributed by atoms with van der Waals surface area (Å²) in [5.74, 6) is 0.651. The van der Waals surface area contributed by atoms with E-state index in [-0.39, 0.29) is 0 Å². The number of nitrogens with zero attached hydrogens (tertiary/aromatic N) is 3. The number of aromatic nitrogens is 3. The number of halogens is 1. The van der Waals surface area contributed by atoms with Gasteiger partial charge in [0, 0.05) is 5.88 Å². The first kappa shape index (κ1) is 13.8. The summed E-state index contributed by atoms with van der Waals surface area (Å²) in [5, 5.41) is 8.33. The zero-order chi connectivity index (χ0) is 14.5. The van der Waals surface area contributed by atoms with Crippen LogP contribution in [-0.2, 0) is 6.42 Å². The maximum atomic E-state index is 5.70. The Hall–Kier alpha value is -2.13. The van der Waals surface area contributed by atoms with Crippen LogP contribution in [-0.4, -0.2) is 20.9 Å². The van der Waals surface area contributed by atoms with Gasteiger partial charge in [-0.15, -0.1) is 16.7 Å². The number of rotatable bonds is 5. The Kier molecular flexibility index (Phi) is 4.31. The summed E-state index contributed by atoms with van der Waals surface area (Å²) in [5.41, 5.74) is 4.40. The smallest absolute Gasteiger partial charge is 0.0832 e. The minimum atomic E-state index is 0.651. The lowest BCUT2D eigenvalue weighted by Crippen LogP contribution is -1.94. The molecule has 3 nitrogen and oxygen atoms in total. The van der Waals surface area contributed by atoms with Crippen LogP contribution in [0.3, 0.4) is 0 Å². The van der Waals surface area contributed by atoms with Gasteiger partial charge in [0.15, 0.2) is 0 Å². The maximum Gasteiger partial charge on any atom is 0.0832 e. The van der Waals surface area contributed by atoms with Gasteiger partial charge in [-0.25, -0.2) is 4.68 Å². The molecule has 0 aliphatic carbocycles. The van der Waals surface area contributed by atoms with Crippen LogP contribution in [0.4, 0.5) is 0 Å². The SMILES string of the molecule is ClCCCc1cn(-c2ccc(-c3ccccc3)cc2)nn1. The van der Waals surface area contributed by atoms with Crippen LogP contribution in [0.5, 0.6) is 0 Å². The van der Waals surface area contributed by atoms with E-state index in [1.54, 1.807) is 4.68 Å². The Bertz CT molecular complexity index is 690. The fourth-order valence-electron chi connectivity index (χ4n) is 2.22. The molecule has 21 heavy (non-hydrogen) atoms. The van der Waals surface area contributed by atoms with E-state index in [9.17, 15) is 0 Å². The fourth-order valence-corrected chi connectivity index (χ4v) is 2.36. The molecule has 0 fully saturated rings. The molecule has 4 heteroatoms. The normalized spacial score (nSPS) is 10.7. The lowest BCUT2D eigenvalue weighted by molar-refractivity contribution is 0.792. The number of hydrogen-bond donors (Lipinski definition) is 0. The van der Waals surface area contributed by atoms with Crippen molar-refractivity contribution >= 4 is 11.6 Å². The fraction of sp³-hybridized carbons (Fsp3) is 0.176. The second-order valence-electron chi connectivity index (χ2n) is 4.86. The molecule has 0 saturated carbocycles. The summed E-state index contributed by atoms with van der Waals surface area (Å²) < 4.78 is 1.80. The van der Waals surface area contributed by atoms with Crippen molar-refractivity contribution in [3.8, 4) is 16.8 Å². The third-order valence-corrected chi connectivity index (χ3v) is 3.61. The minimum Gasteiger partial charge on any atom is -0.220 e. The quantitative estimate of drug-likeness (QED) is 0.664. The summed E-state index contributed by atoms with van der Waals surface area (Å²) in [6, 6.07) is 18.6. The average Bonchev–Trinajstić information content (AvgIpc) is 3.03. The number of hydrogen-bond acceptors (Lipinski definition) is 2. The van der Waals surface area contributed by atoms with E-state index < -0.39 is 0 Å². The van der Waals surface area contributed by atoms with E-state index in [1.165, 1.54) is 11.1 Å². The van der Waals surface area contributed by atoms with Gasteiger partial charge in [-0.2, -0.15) is 0 Å². The van der Waals surface area contributed by atoms with E-state index in [1.807, 2.05) is 24.4 Å². The maximum absolute atomic E-state index is 5.70. The molecule has 3 rings (SSSR count). The lowest BCUT2D eigenvalue weighted by Gasteiger charge is -2.03. The third-order valence-electron chi connectivity index (χ3n) is 3.35. The molecule has 0 saturated heterocycles. The molecule has 0 unspecified atom stereocenters. The van der Waals surface area contributed by atoms with Gasteiger partial charge in [0.2, 0.25) is 0 Å². The van der Waals surface area contributed by atoms with Crippen molar-refractivity contribution in [2.45, 2.75) is 12.8 Å². The van der Waals surface area contributed by atoms with Crippen LogP contribution in [0.1, 0.15) is 12.1 Å². The van der Waals surface area contributed by atoms with Crippen LogP contribution in [0.15, 0.2) is 60.8 Å². The van der Waals surface area contributed by atoms with Gasteiger partial charge >= 0.3 is 0 Å². The van der Waals surface area contributed by atoms with Crippen molar-refractivity contribution < 1.29 is 0 Å². The van der Waals surface area contributed by atoms with Gasteiger partial charge in [0.1, 0.15) is 0 Å². The Morgan fingerprint density at radius 2 is 1.62 bits per heavy atom. The summed E-state index contributed by atoms with van der Waals surface area (Å²) in [4.78, 5) is 0. The number of aryl methyl sites for hydroxylation is 1. The van der Waals surface area contributed by atoms with E-state index in [0.717, 1.165) is 24.2 Å². The topological polar surface area (TPSA) is 30.7 Å². The molecule has 0 amide bonds. The molecule has 106 valence electrons. The van der Waals surface area contributed by atoms with E-state index in [4.69, 9.17) is 11.6 Å². The zero-order valence-electron chi connectivity index (χ0n) is 11.6. The summed E-state index contributed by atoms with van der Waals surface area (Å²) in [6.07, 6.45) is 3.75. The van der Waals surface area contributed by atoms with Gasteiger partial charge in [0.05, 0.1) is 17.6 Å². The predicted octanol–water partition coefficient (Wildman–Crippen LogP) is 4.11. The summed E-state index contributed by atoms with van der Waals surface area (Å²) in [7, 11) is 0. The molecule has 0 aliphatic rings.